The lowest BCUT2D eigenvalue weighted by Gasteiger charge is -2.18. The molecule has 0 spiro atoms. The predicted molar refractivity (Wildman–Crippen MR) is 115 cm³/mol. The van der Waals surface area contributed by atoms with E-state index in [1.165, 1.54) is 34.4 Å². The number of aryl methyl sites for hydroxylation is 2. The molecule has 0 bridgehead atoms. The maximum atomic E-state index is 6.24. The molecule has 0 aliphatic heterocycles. The minimum atomic E-state index is 0.211. The van der Waals surface area contributed by atoms with E-state index in [0.717, 1.165) is 19.3 Å². The van der Waals surface area contributed by atoms with Crippen LogP contribution in [0.15, 0.2) is 18.2 Å². The summed E-state index contributed by atoms with van der Waals surface area (Å²) in [6, 6.07) is 7.08. The highest BCUT2D eigenvalue weighted by molar-refractivity contribution is 7.12. The van der Waals surface area contributed by atoms with E-state index in [9.17, 15) is 0 Å². The molecule has 2 aromatic rings. The van der Waals surface area contributed by atoms with Gasteiger partial charge in [-0.25, -0.2) is 0 Å². The first-order valence-corrected chi connectivity index (χ1v) is 11.0. The zero-order valence-electron chi connectivity index (χ0n) is 16.7. The summed E-state index contributed by atoms with van der Waals surface area (Å²) in [6.45, 7) is 13.5. The molecule has 2 atom stereocenters. The molecule has 1 aromatic heterocycles. The Morgan fingerprint density at radius 2 is 1.80 bits per heavy atom. The first kappa shape index (κ1) is 20.5. The zero-order chi connectivity index (χ0) is 18.6. The van der Waals surface area contributed by atoms with Crippen LogP contribution in [0.25, 0.3) is 0 Å². The van der Waals surface area contributed by atoms with E-state index >= 15 is 0 Å². The van der Waals surface area contributed by atoms with Gasteiger partial charge in [-0.15, -0.1) is 22.9 Å². The van der Waals surface area contributed by atoms with Gasteiger partial charge in [0.15, 0.2) is 0 Å². The molecule has 2 heteroatoms. The molecule has 25 heavy (non-hydrogen) atoms. The summed E-state index contributed by atoms with van der Waals surface area (Å²) in [7, 11) is 0. The fourth-order valence-corrected chi connectivity index (χ4v) is 5.55. The van der Waals surface area contributed by atoms with Crippen molar-refractivity contribution in [2.45, 2.75) is 84.9 Å². The van der Waals surface area contributed by atoms with Crippen molar-refractivity contribution in [1.29, 1.82) is 0 Å². The molecule has 2 rings (SSSR count). The van der Waals surface area contributed by atoms with Gasteiger partial charge in [0.05, 0.1) is 0 Å². The Labute approximate surface area is 163 Å². The third kappa shape index (κ3) is 5.11. The third-order valence-electron chi connectivity index (χ3n) is 5.23. The summed E-state index contributed by atoms with van der Waals surface area (Å²) in [5.41, 5.74) is 7.52. The maximum Gasteiger partial charge on any atom is 0.0356 e. The van der Waals surface area contributed by atoms with Crippen LogP contribution < -0.4 is 0 Å². The van der Waals surface area contributed by atoms with Crippen molar-refractivity contribution in [2.24, 2.45) is 0 Å². The van der Waals surface area contributed by atoms with Gasteiger partial charge >= 0.3 is 0 Å². The lowest BCUT2D eigenvalue weighted by Crippen LogP contribution is -2.05. The number of halogens is 1. The summed E-state index contributed by atoms with van der Waals surface area (Å²) in [6.07, 6.45) is 5.64. The first-order chi connectivity index (χ1) is 11.9. The van der Waals surface area contributed by atoms with E-state index in [2.05, 4.69) is 59.7 Å². The van der Waals surface area contributed by atoms with E-state index in [0.29, 0.717) is 5.92 Å². The number of hydrogen-bond acceptors (Lipinski definition) is 1. The van der Waals surface area contributed by atoms with Crippen LogP contribution in [0.5, 0.6) is 0 Å². The molecule has 0 aliphatic rings. The summed E-state index contributed by atoms with van der Waals surface area (Å²) < 4.78 is 0. The number of benzene rings is 1. The van der Waals surface area contributed by atoms with Crippen LogP contribution in [-0.2, 0) is 25.7 Å². The van der Waals surface area contributed by atoms with Crippen molar-refractivity contribution in [1.82, 2.24) is 0 Å². The van der Waals surface area contributed by atoms with Gasteiger partial charge < -0.3 is 0 Å². The number of alkyl halides is 1. The normalized spacial score (nSPS) is 13.9. The number of thiophene rings is 1. The van der Waals surface area contributed by atoms with Gasteiger partial charge in [-0.1, -0.05) is 39.3 Å². The van der Waals surface area contributed by atoms with E-state index in [1.54, 1.807) is 16.0 Å². The van der Waals surface area contributed by atoms with Crippen LogP contribution in [-0.4, -0.2) is 5.38 Å². The molecular weight excluding hydrogens is 344 g/mol. The van der Waals surface area contributed by atoms with Gasteiger partial charge in [0, 0.05) is 15.1 Å². The Bertz CT molecular complexity index is 696. The predicted octanol–water partition coefficient (Wildman–Crippen LogP) is 7.40. The van der Waals surface area contributed by atoms with E-state index in [1.807, 2.05) is 11.3 Å². The smallest absolute Gasteiger partial charge is 0.0356 e. The monoisotopic (exact) mass is 376 g/mol. The van der Waals surface area contributed by atoms with E-state index in [-0.39, 0.29) is 5.38 Å². The summed E-state index contributed by atoms with van der Waals surface area (Å²) >= 11 is 8.22. The molecule has 0 N–H and O–H groups in total. The topological polar surface area (TPSA) is 0 Å². The van der Waals surface area contributed by atoms with E-state index in [4.69, 9.17) is 11.6 Å². The quantitative estimate of drug-likeness (QED) is 0.421. The second kappa shape index (κ2) is 9.24. The summed E-state index contributed by atoms with van der Waals surface area (Å²) in [5, 5.41) is 0.211. The molecule has 0 fully saturated rings. The van der Waals surface area contributed by atoms with Crippen molar-refractivity contribution < 1.29 is 0 Å². The third-order valence-corrected chi connectivity index (χ3v) is 6.62. The Balaban J connectivity index is 2.30. The van der Waals surface area contributed by atoms with Gasteiger partial charge in [0.2, 0.25) is 0 Å². The van der Waals surface area contributed by atoms with Crippen molar-refractivity contribution in [2.75, 3.05) is 0 Å². The van der Waals surface area contributed by atoms with Crippen LogP contribution in [0, 0.1) is 13.8 Å². The SMILES string of the molecule is CCCc1sc(CC(C)Cl)cc1C(C)Cc1ccc(C)c(C)c1CC. The molecular formula is C23H33ClS. The molecule has 1 aromatic carbocycles. The van der Waals surface area contributed by atoms with Crippen LogP contribution in [0.1, 0.15) is 77.6 Å². The lowest BCUT2D eigenvalue weighted by atomic mass is 9.87. The van der Waals surface area contributed by atoms with Crippen molar-refractivity contribution >= 4 is 22.9 Å². The van der Waals surface area contributed by atoms with Crippen molar-refractivity contribution in [3.8, 4) is 0 Å². The lowest BCUT2D eigenvalue weighted by molar-refractivity contribution is 0.739. The Morgan fingerprint density at radius 1 is 1.08 bits per heavy atom. The van der Waals surface area contributed by atoms with Gasteiger partial charge in [-0.2, -0.15) is 0 Å². The minimum Gasteiger partial charge on any atom is -0.145 e. The van der Waals surface area contributed by atoms with Crippen LogP contribution in [0.4, 0.5) is 0 Å². The molecule has 0 radical (unpaired) electrons. The fraction of sp³-hybridized carbons (Fsp3) is 0.565. The second-order valence-corrected chi connectivity index (χ2v) is 9.40. The standard InChI is InChI=1S/C23H33ClS/c1-7-9-23-22(14-20(25-23)13-17(5)24)16(4)12-19-11-10-15(3)18(6)21(19)8-2/h10-11,14,16-17H,7-9,12-13H2,1-6H3. The number of rotatable bonds is 8. The first-order valence-electron chi connectivity index (χ1n) is 9.70. The molecule has 0 aliphatic carbocycles. The Morgan fingerprint density at radius 3 is 2.40 bits per heavy atom. The van der Waals surface area contributed by atoms with Gasteiger partial charge in [-0.3, -0.25) is 0 Å². The summed E-state index contributed by atoms with van der Waals surface area (Å²) in [5.74, 6) is 0.560. The fourth-order valence-electron chi connectivity index (χ4n) is 3.77. The van der Waals surface area contributed by atoms with Crippen molar-refractivity contribution in [3.05, 3.63) is 55.8 Å². The maximum absolute atomic E-state index is 6.24. The molecule has 0 saturated carbocycles. The molecule has 138 valence electrons. The zero-order valence-corrected chi connectivity index (χ0v) is 18.3. The average molecular weight is 377 g/mol. The molecule has 2 unspecified atom stereocenters. The van der Waals surface area contributed by atoms with E-state index < -0.39 is 0 Å². The number of hydrogen-bond donors (Lipinski definition) is 0. The second-order valence-electron chi connectivity index (χ2n) is 7.43. The van der Waals surface area contributed by atoms with Crippen LogP contribution in [0.2, 0.25) is 0 Å². The average Bonchev–Trinajstić information content (AvgIpc) is 2.93. The van der Waals surface area contributed by atoms with Crippen LogP contribution >= 0.6 is 22.9 Å². The Kier molecular flexibility index (Phi) is 7.58. The highest BCUT2D eigenvalue weighted by Crippen LogP contribution is 2.34. The molecule has 0 amide bonds. The van der Waals surface area contributed by atoms with Crippen molar-refractivity contribution in [3.63, 3.8) is 0 Å². The minimum absolute atomic E-state index is 0.211. The molecule has 0 saturated heterocycles. The molecule has 1 heterocycles. The van der Waals surface area contributed by atoms with Gasteiger partial charge in [0.25, 0.3) is 0 Å². The highest BCUT2D eigenvalue weighted by atomic mass is 35.5. The largest absolute Gasteiger partial charge is 0.145 e. The van der Waals surface area contributed by atoms with Gasteiger partial charge in [-0.05, 0) is 86.3 Å². The highest BCUT2D eigenvalue weighted by Gasteiger charge is 2.18. The molecule has 0 nitrogen and oxygen atoms in total. The summed E-state index contributed by atoms with van der Waals surface area (Å²) in [4.78, 5) is 3.02. The van der Waals surface area contributed by atoms with Gasteiger partial charge in [0.1, 0.15) is 0 Å². The Hall–Kier alpha value is -0.790. The van der Waals surface area contributed by atoms with Crippen LogP contribution in [0.3, 0.4) is 0 Å².